The lowest BCUT2D eigenvalue weighted by molar-refractivity contribution is 0.215. The lowest BCUT2D eigenvalue weighted by Crippen LogP contribution is -2.38. The molecule has 0 bridgehead atoms. The largest absolute Gasteiger partial charge is 0.341 e. The standard InChI is InChI=1S/C15H25ClN4/c1-11(3-6-17)12(2)13-4-7-20(8-5-13)15-18-9-14(16)10-19-15/h9-13H,3-8,17H2,1-2H3. The number of aromatic nitrogens is 2. The monoisotopic (exact) mass is 296 g/mol. The van der Waals surface area contributed by atoms with E-state index in [9.17, 15) is 0 Å². The molecule has 0 amide bonds. The molecule has 2 N–H and O–H groups in total. The number of nitrogens with two attached hydrogens (primary N) is 1. The van der Waals surface area contributed by atoms with Gasteiger partial charge < -0.3 is 10.6 Å². The molecule has 5 heteroatoms. The van der Waals surface area contributed by atoms with Crippen LogP contribution in [0.2, 0.25) is 5.02 Å². The average molecular weight is 297 g/mol. The van der Waals surface area contributed by atoms with E-state index in [2.05, 4.69) is 28.7 Å². The second kappa shape index (κ2) is 7.23. The van der Waals surface area contributed by atoms with Crippen LogP contribution in [0.25, 0.3) is 0 Å². The van der Waals surface area contributed by atoms with Crippen LogP contribution in [-0.2, 0) is 0 Å². The maximum Gasteiger partial charge on any atom is 0.225 e. The van der Waals surface area contributed by atoms with Crippen LogP contribution in [0, 0.1) is 17.8 Å². The number of hydrogen-bond donors (Lipinski definition) is 1. The molecule has 0 radical (unpaired) electrons. The first kappa shape index (κ1) is 15.5. The van der Waals surface area contributed by atoms with Gasteiger partial charge in [0.05, 0.1) is 17.4 Å². The van der Waals surface area contributed by atoms with Gasteiger partial charge in [-0.3, -0.25) is 0 Å². The number of halogens is 1. The van der Waals surface area contributed by atoms with Crippen molar-refractivity contribution in [3.8, 4) is 0 Å². The lowest BCUT2D eigenvalue weighted by Gasteiger charge is -2.37. The maximum absolute atomic E-state index is 5.83. The molecular formula is C15H25ClN4. The molecule has 1 aromatic heterocycles. The zero-order valence-electron chi connectivity index (χ0n) is 12.4. The van der Waals surface area contributed by atoms with Crippen LogP contribution in [0.15, 0.2) is 12.4 Å². The van der Waals surface area contributed by atoms with Crippen molar-refractivity contribution < 1.29 is 0 Å². The summed E-state index contributed by atoms with van der Waals surface area (Å²) in [5, 5.41) is 0.591. The van der Waals surface area contributed by atoms with Gasteiger partial charge in [0, 0.05) is 13.1 Å². The van der Waals surface area contributed by atoms with Crippen molar-refractivity contribution in [2.24, 2.45) is 23.5 Å². The zero-order chi connectivity index (χ0) is 14.5. The van der Waals surface area contributed by atoms with Crippen molar-refractivity contribution in [2.45, 2.75) is 33.1 Å². The molecule has 4 nitrogen and oxygen atoms in total. The fourth-order valence-electron chi connectivity index (χ4n) is 3.08. The van der Waals surface area contributed by atoms with E-state index in [4.69, 9.17) is 17.3 Å². The topological polar surface area (TPSA) is 55.0 Å². The summed E-state index contributed by atoms with van der Waals surface area (Å²) in [4.78, 5) is 10.9. The van der Waals surface area contributed by atoms with Crippen LogP contribution in [0.3, 0.4) is 0 Å². The molecule has 0 aromatic carbocycles. The zero-order valence-corrected chi connectivity index (χ0v) is 13.2. The van der Waals surface area contributed by atoms with Gasteiger partial charge >= 0.3 is 0 Å². The highest BCUT2D eigenvalue weighted by atomic mass is 35.5. The number of hydrogen-bond acceptors (Lipinski definition) is 4. The van der Waals surface area contributed by atoms with E-state index in [-0.39, 0.29) is 0 Å². The molecule has 1 saturated heterocycles. The molecule has 0 spiro atoms. The van der Waals surface area contributed by atoms with Gasteiger partial charge in [0.2, 0.25) is 5.95 Å². The normalized spacial score (nSPS) is 19.9. The fourth-order valence-corrected chi connectivity index (χ4v) is 3.18. The van der Waals surface area contributed by atoms with Gasteiger partial charge in [0.15, 0.2) is 0 Å². The van der Waals surface area contributed by atoms with E-state index < -0.39 is 0 Å². The maximum atomic E-state index is 5.83. The Hall–Kier alpha value is -0.870. The lowest BCUT2D eigenvalue weighted by atomic mass is 9.77. The quantitative estimate of drug-likeness (QED) is 0.907. The third-order valence-corrected chi connectivity index (χ3v) is 4.89. The summed E-state index contributed by atoms with van der Waals surface area (Å²) in [6.07, 6.45) is 6.88. The molecule has 20 heavy (non-hydrogen) atoms. The van der Waals surface area contributed by atoms with E-state index in [1.54, 1.807) is 12.4 Å². The SMILES string of the molecule is CC(CCN)C(C)C1CCN(c2ncc(Cl)cn2)CC1. The summed E-state index contributed by atoms with van der Waals surface area (Å²) >= 11 is 5.83. The Bertz CT molecular complexity index is 401. The van der Waals surface area contributed by atoms with Crippen molar-refractivity contribution in [1.82, 2.24) is 9.97 Å². The average Bonchev–Trinajstić information content (AvgIpc) is 2.48. The molecule has 2 rings (SSSR count). The molecule has 1 aliphatic rings. The summed E-state index contributed by atoms with van der Waals surface area (Å²) in [5.41, 5.74) is 5.67. The predicted molar refractivity (Wildman–Crippen MR) is 84.0 cm³/mol. The van der Waals surface area contributed by atoms with Gasteiger partial charge in [-0.05, 0) is 43.6 Å². The van der Waals surface area contributed by atoms with Crippen LogP contribution in [0.5, 0.6) is 0 Å². The second-order valence-electron chi connectivity index (χ2n) is 5.94. The van der Waals surface area contributed by atoms with Gasteiger partial charge in [-0.1, -0.05) is 25.4 Å². The van der Waals surface area contributed by atoms with E-state index in [0.717, 1.165) is 43.8 Å². The van der Waals surface area contributed by atoms with E-state index in [1.807, 2.05) is 0 Å². The van der Waals surface area contributed by atoms with Crippen molar-refractivity contribution >= 4 is 17.5 Å². The van der Waals surface area contributed by atoms with E-state index in [1.165, 1.54) is 12.8 Å². The summed E-state index contributed by atoms with van der Waals surface area (Å²) in [6, 6.07) is 0. The molecule has 1 aliphatic heterocycles. The first-order valence-electron chi connectivity index (χ1n) is 7.54. The Morgan fingerprint density at radius 2 is 1.90 bits per heavy atom. The highest BCUT2D eigenvalue weighted by Gasteiger charge is 2.27. The van der Waals surface area contributed by atoms with Crippen LogP contribution in [0.4, 0.5) is 5.95 Å². The second-order valence-corrected chi connectivity index (χ2v) is 6.38. The Kier molecular flexibility index (Phi) is 5.61. The molecule has 2 atom stereocenters. The number of rotatable bonds is 5. The fraction of sp³-hybridized carbons (Fsp3) is 0.733. The molecule has 1 fully saturated rings. The van der Waals surface area contributed by atoms with E-state index in [0.29, 0.717) is 10.9 Å². The molecule has 2 heterocycles. The van der Waals surface area contributed by atoms with Crippen molar-refractivity contribution in [2.75, 3.05) is 24.5 Å². The van der Waals surface area contributed by atoms with Gasteiger partial charge in [-0.15, -0.1) is 0 Å². The third-order valence-electron chi connectivity index (χ3n) is 4.69. The summed E-state index contributed by atoms with van der Waals surface area (Å²) in [7, 11) is 0. The number of piperidine rings is 1. The first-order chi connectivity index (χ1) is 9.61. The van der Waals surface area contributed by atoms with Gasteiger partial charge in [-0.25, -0.2) is 9.97 Å². The van der Waals surface area contributed by atoms with Crippen LogP contribution >= 0.6 is 11.6 Å². The van der Waals surface area contributed by atoms with Crippen molar-refractivity contribution in [1.29, 1.82) is 0 Å². The Morgan fingerprint density at radius 3 is 2.45 bits per heavy atom. The van der Waals surface area contributed by atoms with Crippen molar-refractivity contribution in [3.05, 3.63) is 17.4 Å². The molecule has 112 valence electrons. The summed E-state index contributed by atoms with van der Waals surface area (Å²) < 4.78 is 0. The molecule has 2 unspecified atom stereocenters. The van der Waals surface area contributed by atoms with Crippen LogP contribution in [0.1, 0.15) is 33.1 Å². The Labute approximate surface area is 126 Å². The smallest absolute Gasteiger partial charge is 0.225 e. The van der Waals surface area contributed by atoms with Gasteiger partial charge in [0.1, 0.15) is 0 Å². The van der Waals surface area contributed by atoms with Gasteiger partial charge in [-0.2, -0.15) is 0 Å². The highest BCUT2D eigenvalue weighted by Crippen LogP contribution is 2.32. The third kappa shape index (κ3) is 3.83. The van der Waals surface area contributed by atoms with Crippen LogP contribution < -0.4 is 10.6 Å². The highest BCUT2D eigenvalue weighted by molar-refractivity contribution is 6.30. The molecule has 0 saturated carbocycles. The van der Waals surface area contributed by atoms with Crippen LogP contribution in [-0.4, -0.2) is 29.6 Å². The molecule has 1 aromatic rings. The van der Waals surface area contributed by atoms with E-state index >= 15 is 0 Å². The Balaban J connectivity index is 1.87. The molecule has 0 aliphatic carbocycles. The minimum Gasteiger partial charge on any atom is -0.341 e. The number of anilines is 1. The minimum atomic E-state index is 0.591. The molecular weight excluding hydrogens is 272 g/mol. The summed E-state index contributed by atoms with van der Waals surface area (Å²) in [6.45, 7) is 7.56. The minimum absolute atomic E-state index is 0.591. The Morgan fingerprint density at radius 1 is 1.30 bits per heavy atom. The van der Waals surface area contributed by atoms with Crippen molar-refractivity contribution in [3.63, 3.8) is 0 Å². The first-order valence-corrected chi connectivity index (χ1v) is 7.92. The summed E-state index contributed by atoms with van der Waals surface area (Å²) in [5.74, 6) is 3.05. The number of nitrogens with zero attached hydrogens (tertiary/aromatic N) is 3. The predicted octanol–water partition coefficient (Wildman–Crippen LogP) is 2.97. The van der Waals surface area contributed by atoms with Gasteiger partial charge in [0.25, 0.3) is 0 Å².